The number of rotatable bonds is 7. The molecule has 2 N–H and O–H groups in total. The van der Waals surface area contributed by atoms with E-state index in [1.54, 1.807) is 0 Å². The molecule has 19 heavy (non-hydrogen) atoms. The first-order valence-corrected chi connectivity index (χ1v) is 7.33. The molecule has 1 amide bonds. The summed E-state index contributed by atoms with van der Waals surface area (Å²) in [5, 5.41) is 6.28. The molecule has 0 aliphatic heterocycles. The summed E-state index contributed by atoms with van der Waals surface area (Å²) < 4.78 is 0. The van der Waals surface area contributed by atoms with E-state index in [1.165, 1.54) is 19.3 Å². The average molecular weight is 260 g/mol. The van der Waals surface area contributed by atoms with E-state index < -0.39 is 0 Å². The molecule has 0 aromatic heterocycles. The van der Waals surface area contributed by atoms with Crippen molar-refractivity contribution in [3.05, 3.63) is 29.3 Å². The lowest BCUT2D eigenvalue weighted by molar-refractivity contribution is 0.0952. The van der Waals surface area contributed by atoms with E-state index in [0.717, 1.165) is 42.2 Å². The van der Waals surface area contributed by atoms with Crippen molar-refractivity contribution in [3.8, 4) is 0 Å². The van der Waals surface area contributed by atoms with Gasteiger partial charge in [-0.05, 0) is 56.4 Å². The number of nitrogens with one attached hydrogen (secondary N) is 2. The SMILES string of the molecule is CCNc1ccc(C(=O)NCCCC2CC2)cc1C. The highest BCUT2D eigenvalue weighted by molar-refractivity contribution is 5.94. The molecule has 1 fully saturated rings. The monoisotopic (exact) mass is 260 g/mol. The standard InChI is InChI=1S/C16H24N2O/c1-3-17-15-9-8-14(11-12(15)2)16(19)18-10-4-5-13-6-7-13/h8-9,11,13,17H,3-7,10H2,1-2H3,(H,18,19). The van der Waals surface area contributed by atoms with E-state index in [1.807, 2.05) is 25.1 Å². The van der Waals surface area contributed by atoms with Gasteiger partial charge in [0.2, 0.25) is 0 Å². The minimum Gasteiger partial charge on any atom is -0.385 e. The van der Waals surface area contributed by atoms with Crippen LogP contribution in [0.15, 0.2) is 18.2 Å². The molecule has 0 unspecified atom stereocenters. The van der Waals surface area contributed by atoms with Crippen LogP contribution in [0, 0.1) is 12.8 Å². The summed E-state index contributed by atoms with van der Waals surface area (Å²) in [4.78, 5) is 12.0. The molecule has 0 saturated heterocycles. The Labute approximate surface area is 115 Å². The minimum atomic E-state index is 0.0435. The minimum absolute atomic E-state index is 0.0435. The molecule has 1 saturated carbocycles. The summed E-state index contributed by atoms with van der Waals surface area (Å²) in [6, 6.07) is 5.83. The largest absolute Gasteiger partial charge is 0.385 e. The number of anilines is 1. The van der Waals surface area contributed by atoms with Gasteiger partial charge in [0, 0.05) is 24.3 Å². The summed E-state index contributed by atoms with van der Waals surface area (Å²) >= 11 is 0. The number of carbonyl (C=O) groups is 1. The molecular weight excluding hydrogens is 236 g/mol. The highest BCUT2D eigenvalue weighted by atomic mass is 16.1. The van der Waals surface area contributed by atoms with Crippen molar-refractivity contribution in [2.24, 2.45) is 5.92 Å². The zero-order chi connectivity index (χ0) is 13.7. The van der Waals surface area contributed by atoms with Crippen LogP contribution in [-0.4, -0.2) is 19.0 Å². The Morgan fingerprint density at radius 1 is 1.37 bits per heavy atom. The molecule has 1 aromatic carbocycles. The van der Waals surface area contributed by atoms with E-state index in [-0.39, 0.29) is 5.91 Å². The summed E-state index contributed by atoms with van der Waals surface area (Å²) in [7, 11) is 0. The van der Waals surface area contributed by atoms with Crippen molar-refractivity contribution in [3.63, 3.8) is 0 Å². The number of amides is 1. The highest BCUT2D eigenvalue weighted by Crippen LogP contribution is 2.33. The van der Waals surface area contributed by atoms with Gasteiger partial charge in [-0.3, -0.25) is 4.79 Å². The Kier molecular flexibility index (Phi) is 4.83. The lowest BCUT2D eigenvalue weighted by atomic mass is 10.1. The molecule has 2 rings (SSSR count). The third kappa shape index (κ3) is 4.27. The molecule has 3 heteroatoms. The van der Waals surface area contributed by atoms with Crippen LogP contribution < -0.4 is 10.6 Å². The molecule has 1 aliphatic carbocycles. The van der Waals surface area contributed by atoms with Gasteiger partial charge in [-0.2, -0.15) is 0 Å². The second-order valence-corrected chi connectivity index (χ2v) is 5.40. The van der Waals surface area contributed by atoms with E-state index in [2.05, 4.69) is 17.6 Å². The summed E-state index contributed by atoms with van der Waals surface area (Å²) in [6.45, 7) is 5.79. The van der Waals surface area contributed by atoms with E-state index in [4.69, 9.17) is 0 Å². The van der Waals surface area contributed by atoms with Gasteiger partial charge in [0.05, 0.1) is 0 Å². The predicted octanol–water partition coefficient (Wildman–Crippen LogP) is 3.35. The van der Waals surface area contributed by atoms with Crippen LogP contribution in [0.2, 0.25) is 0 Å². The Balaban J connectivity index is 1.81. The van der Waals surface area contributed by atoms with E-state index in [0.29, 0.717) is 0 Å². The van der Waals surface area contributed by atoms with Crippen LogP contribution >= 0.6 is 0 Å². The van der Waals surface area contributed by atoms with Gasteiger partial charge in [0.15, 0.2) is 0 Å². The summed E-state index contributed by atoms with van der Waals surface area (Å²) in [5.41, 5.74) is 2.98. The molecule has 0 radical (unpaired) electrons. The molecule has 0 atom stereocenters. The first-order chi connectivity index (χ1) is 9.20. The number of carbonyl (C=O) groups excluding carboxylic acids is 1. The Morgan fingerprint density at radius 3 is 2.79 bits per heavy atom. The van der Waals surface area contributed by atoms with Crippen molar-refractivity contribution in [1.82, 2.24) is 5.32 Å². The molecule has 0 spiro atoms. The van der Waals surface area contributed by atoms with Crippen LogP contribution in [-0.2, 0) is 0 Å². The van der Waals surface area contributed by atoms with Gasteiger partial charge in [0.1, 0.15) is 0 Å². The fraction of sp³-hybridized carbons (Fsp3) is 0.562. The lowest BCUT2D eigenvalue weighted by Gasteiger charge is -2.10. The zero-order valence-corrected chi connectivity index (χ0v) is 12.0. The fourth-order valence-corrected chi connectivity index (χ4v) is 2.29. The smallest absolute Gasteiger partial charge is 0.251 e. The Bertz CT molecular complexity index is 438. The number of aryl methyl sites for hydroxylation is 1. The van der Waals surface area contributed by atoms with Gasteiger partial charge in [-0.15, -0.1) is 0 Å². The first kappa shape index (κ1) is 13.9. The van der Waals surface area contributed by atoms with Crippen LogP contribution in [0.5, 0.6) is 0 Å². The molecular formula is C16H24N2O. The molecule has 0 bridgehead atoms. The van der Waals surface area contributed by atoms with Gasteiger partial charge in [0.25, 0.3) is 5.91 Å². The lowest BCUT2D eigenvalue weighted by Crippen LogP contribution is -2.24. The third-order valence-electron chi connectivity index (χ3n) is 3.63. The van der Waals surface area contributed by atoms with Crippen molar-refractivity contribution < 1.29 is 4.79 Å². The molecule has 0 heterocycles. The normalized spacial score (nSPS) is 14.2. The second-order valence-electron chi connectivity index (χ2n) is 5.40. The highest BCUT2D eigenvalue weighted by Gasteiger charge is 2.20. The number of hydrogen-bond donors (Lipinski definition) is 2. The molecule has 1 aromatic rings. The topological polar surface area (TPSA) is 41.1 Å². The Hall–Kier alpha value is -1.51. The van der Waals surface area contributed by atoms with Gasteiger partial charge in [-0.25, -0.2) is 0 Å². The second kappa shape index (κ2) is 6.60. The first-order valence-electron chi connectivity index (χ1n) is 7.33. The molecule has 3 nitrogen and oxygen atoms in total. The predicted molar refractivity (Wildman–Crippen MR) is 79.6 cm³/mol. The number of benzene rings is 1. The van der Waals surface area contributed by atoms with Crippen molar-refractivity contribution in [2.45, 2.75) is 39.5 Å². The maximum absolute atomic E-state index is 12.0. The van der Waals surface area contributed by atoms with Crippen LogP contribution in [0.25, 0.3) is 0 Å². The van der Waals surface area contributed by atoms with Crippen molar-refractivity contribution in [1.29, 1.82) is 0 Å². The summed E-state index contributed by atoms with van der Waals surface area (Å²) in [6.07, 6.45) is 5.14. The van der Waals surface area contributed by atoms with E-state index >= 15 is 0 Å². The fourth-order valence-electron chi connectivity index (χ4n) is 2.29. The maximum atomic E-state index is 12.0. The third-order valence-corrected chi connectivity index (χ3v) is 3.63. The molecule has 1 aliphatic rings. The Morgan fingerprint density at radius 2 is 2.16 bits per heavy atom. The van der Waals surface area contributed by atoms with Gasteiger partial charge in [-0.1, -0.05) is 12.8 Å². The maximum Gasteiger partial charge on any atom is 0.251 e. The van der Waals surface area contributed by atoms with Gasteiger partial charge < -0.3 is 10.6 Å². The number of hydrogen-bond acceptors (Lipinski definition) is 2. The van der Waals surface area contributed by atoms with E-state index in [9.17, 15) is 4.79 Å². The average Bonchev–Trinajstić information content (AvgIpc) is 3.21. The quantitative estimate of drug-likeness (QED) is 0.738. The van der Waals surface area contributed by atoms with Gasteiger partial charge >= 0.3 is 0 Å². The summed E-state index contributed by atoms with van der Waals surface area (Å²) in [5.74, 6) is 0.987. The zero-order valence-electron chi connectivity index (χ0n) is 12.0. The van der Waals surface area contributed by atoms with Crippen LogP contribution in [0.4, 0.5) is 5.69 Å². The van der Waals surface area contributed by atoms with Crippen LogP contribution in [0.3, 0.4) is 0 Å². The van der Waals surface area contributed by atoms with Crippen molar-refractivity contribution in [2.75, 3.05) is 18.4 Å². The van der Waals surface area contributed by atoms with Crippen LogP contribution in [0.1, 0.15) is 48.5 Å². The van der Waals surface area contributed by atoms with Crippen molar-refractivity contribution >= 4 is 11.6 Å². The molecule has 104 valence electrons.